The largest absolute Gasteiger partial charge is 0.482 e. The van der Waals surface area contributed by atoms with Gasteiger partial charge in [-0.1, -0.05) is 35.8 Å². The number of fused-ring (bicyclic) bond motifs is 1. The average molecular weight is 284 g/mol. The maximum atomic E-state index is 11.2. The van der Waals surface area contributed by atoms with Gasteiger partial charge >= 0.3 is 0 Å². The van der Waals surface area contributed by atoms with Gasteiger partial charge in [0.25, 0.3) is 5.91 Å². The van der Waals surface area contributed by atoms with Crippen molar-refractivity contribution in [2.45, 2.75) is 18.7 Å². The summed E-state index contributed by atoms with van der Waals surface area (Å²) >= 11 is 3.64. The molecule has 1 aliphatic heterocycles. The molecule has 0 spiro atoms. The molecule has 16 heavy (non-hydrogen) atoms. The molecule has 0 radical (unpaired) electrons. The number of ether oxygens (including phenoxy) is 1. The molecule has 0 bridgehead atoms. The summed E-state index contributed by atoms with van der Waals surface area (Å²) in [6.45, 7) is 4.40. The van der Waals surface area contributed by atoms with Crippen molar-refractivity contribution in [1.82, 2.24) is 0 Å². The second kappa shape index (κ2) is 4.45. The van der Waals surface area contributed by atoms with E-state index in [1.807, 2.05) is 18.2 Å². The summed E-state index contributed by atoms with van der Waals surface area (Å²) < 4.78 is 5.30. The van der Waals surface area contributed by atoms with Gasteiger partial charge in [-0.2, -0.15) is 0 Å². The van der Waals surface area contributed by atoms with E-state index >= 15 is 0 Å². The SMILES string of the molecule is CC(C)C(Br)c1ccc2c(c1)NC(=O)CO2. The molecular weight excluding hydrogens is 270 g/mol. The smallest absolute Gasteiger partial charge is 0.262 e. The molecule has 1 aromatic carbocycles. The van der Waals surface area contributed by atoms with Crippen molar-refractivity contribution < 1.29 is 9.53 Å². The third-order valence-corrected chi connectivity index (χ3v) is 4.13. The molecule has 1 atom stereocenters. The van der Waals surface area contributed by atoms with E-state index in [4.69, 9.17) is 4.74 Å². The molecule has 0 aromatic heterocycles. The fraction of sp³-hybridized carbons (Fsp3) is 0.417. The fourth-order valence-corrected chi connectivity index (χ4v) is 1.94. The van der Waals surface area contributed by atoms with Crippen molar-refractivity contribution in [2.75, 3.05) is 11.9 Å². The van der Waals surface area contributed by atoms with Crippen LogP contribution in [0.3, 0.4) is 0 Å². The number of rotatable bonds is 2. The van der Waals surface area contributed by atoms with Gasteiger partial charge in [0, 0.05) is 4.83 Å². The van der Waals surface area contributed by atoms with Crippen molar-refractivity contribution in [3.8, 4) is 5.75 Å². The van der Waals surface area contributed by atoms with E-state index in [9.17, 15) is 4.79 Å². The zero-order chi connectivity index (χ0) is 11.7. The Morgan fingerprint density at radius 2 is 2.19 bits per heavy atom. The first-order valence-electron chi connectivity index (χ1n) is 5.28. The van der Waals surface area contributed by atoms with Crippen LogP contribution in [-0.4, -0.2) is 12.5 Å². The van der Waals surface area contributed by atoms with Crippen LogP contribution in [0.5, 0.6) is 5.75 Å². The lowest BCUT2D eigenvalue weighted by molar-refractivity contribution is -0.118. The highest BCUT2D eigenvalue weighted by Crippen LogP contribution is 2.36. The number of amides is 1. The number of hydrogen-bond donors (Lipinski definition) is 1. The summed E-state index contributed by atoms with van der Waals surface area (Å²) in [6.07, 6.45) is 0. The summed E-state index contributed by atoms with van der Waals surface area (Å²) in [7, 11) is 0. The summed E-state index contributed by atoms with van der Waals surface area (Å²) in [5, 5.41) is 2.81. The molecule has 3 nitrogen and oxygen atoms in total. The van der Waals surface area contributed by atoms with Crippen LogP contribution in [0.1, 0.15) is 24.2 Å². The molecule has 1 amide bonds. The predicted octanol–water partition coefficient (Wildman–Crippen LogP) is 3.11. The van der Waals surface area contributed by atoms with Crippen molar-refractivity contribution in [3.05, 3.63) is 23.8 Å². The van der Waals surface area contributed by atoms with Crippen LogP contribution >= 0.6 is 15.9 Å². The van der Waals surface area contributed by atoms with Crippen molar-refractivity contribution in [1.29, 1.82) is 0 Å². The quantitative estimate of drug-likeness (QED) is 0.847. The normalized spacial score (nSPS) is 16.4. The number of anilines is 1. The third kappa shape index (κ3) is 2.21. The first-order valence-corrected chi connectivity index (χ1v) is 6.20. The molecule has 86 valence electrons. The number of hydrogen-bond acceptors (Lipinski definition) is 2. The molecule has 1 heterocycles. The summed E-state index contributed by atoms with van der Waals surface area (Å²) in [5.74, 6) is 1.14. The number of carbonyl (C=O) groups is 1. The van der Waals surface area contributed by atoms with Gasteiger partial charge < -0.3 is 10.1 Å². The molecule has 0 fully saturated rings. The van der Waals surface area contributed by atoms with Gasteiger partial charge in [-0.3, -0.25) is 4.79 Å². The Kier molecular flexibility index (Phi) is 3.19. The maximum absolute atomic E-state index is 11.2. The zero-order valence-electron chi connectivity index (χ0n) is 9.29. The van der Waals surface area contributed by atoms with Crippen LogP contribution in [0, 0.1) is 5.92 Å². The highest BCUT2D eigenvalue weighted by atomic mass is 79.9. The Labute approximate surface area is 103 Å². The van der Waals surface area contributed by atoms with Gasteiger partial charge in [0.05, 0.1) is 5.69 Å². The van der Waals surface area contributed by atoms with Gasteiger partial charge in [0.15, 0.2) is 6.61 Å². The lowest BCUT2D eigenvalue weighted by Gasteiger charge is -2.21. The van der Waals surface area contributed by atoms with E-state index in [0.717, 1.165) is 17.0 Å². The molecule has 1 N–H and O–H groups in total. The molecule has 1 aliphatic rings. The maximum Gasteiger partial charge on any atom is 0.262 e. The zero-order valence-corrected chi connectivity index (χ0v) is 10.9. The molecule has 0 saturated carbocycles. The molecule has 0 aliphatic carbocycles. The number of nitrogens with one attached hydrogen (secondary N) is 1. The van der Waals surface area contributed by atoms with Gasteiger partial charge in [0.1, 0.15) is 5.75 Å². The predicted molar refractivity (Wildman–Crippen MR) is 67.1 cm³/mol. The Morgan fingerprint density at radius 1 is 1.44 bits per heavy atom. The van der Waals surface area contributed by atoms with Crippen molar-refractivity contribution >= 4 is 27.5 Å². The van der Waals surface area contributed by atoms with Crippen LogP contribution in [0.15, 0.2) is 18.2 Å². The standard InChI is InChI=1S/C12H14BrNO2/c1-7(2)12(13)8-3-4-10-9(5-8)14-11(15)6-16-10/h3-5,7,12H,6H2,1-2H3,(H,14,15). The average Bonchev–Trinajstić information content (AvgIpc) is 2.26. The highest BCUT2D eigenvalue weighted by Gasteiger charge is 2.19. The first-order chi connectivity index (χ1) is 7.58. The van der Waals surface area contributed by atoms with E-state index < -0.39 is 0 Å². The second-order valence-electron chi connectivity index (χ2n) is 4.24. The van der Waals surface area contributed by atoms with Gasteiger partial charge in [-0.25, -0.2) is 0 Å². The van der Waals surface area contributed by atoms with E-state index in [1.165, 1.54) is 0 Å². The third-order valence-electron chi connectivity index (χ3n) is 2.54. The van der Waals surface area contributed by atoms with E-state index in [2.05, 4.69) is 35.1 Å². The fourth-order valence-electron chi connectivity index (χ4n) is 1.66. The lowest BCUT2D eigenvalue weighted by Crippen LogP contribution is -2.25. The van der Waals surface area contributed by atoms with Gasteiger partial charge in [-0.05, 0) is 23.6 Å². The Morgan fingerprint density at radius 3 is 2.88 bits per heavy atom. The summed E-state index contributed by atoms with van der Waals surface area (Å²) in [5.41, 5.74) is 1.92. The lowest BCUT2D eigenvalue weighted by atomic mass is 10.0. The molecular formula is C12H14BrNO2. The molecule has 1 unspecified atom stereocenters. The summed E-state index contributed by atoms with van der Waals surface area (Å²) in [4.78, 5) is 11.5. The molecule has 1 aromatic rings. The monoisotopic (exact) mass is 283 g/mol. The van der Waals surface area contributed by atoms with Crippen LogP contribution in [0.4, 0.5) is 5.69 Å². The summed E-state index contributed by atoms with van der Waals surface area (Å²) in [6, 6.07) is 5.89. The van der Waals surface area contributed by atoms with Crippen LogP contribution in [-0.2, 0) is 4.79 Å². The topological polar surface area (TPSA) is 38.3 Å². The Hall–Kier alpha value is -1.03. The van der Waals surface area contributed by atoms with Crippen molar-refractivity contribution in [2.24, 2.45) is 5.92 Å². The highest BCUT2D eigenvalue weighted by molar-refractivity contribution is 9.09. The van der Waals surface area contributed by atoms with Gasteiger partial charge in [-0.15, -0.1) is 0 Å². The minimum absolute atomic E-state index is 0.0969. The second-order valence-corrected chi connectivity index (χ2v) is 5.22. The van der Waals surface area contributed by atoms with Crippen LogP contribution in [0.2, 0.25) is 0 Å². The molecule has 0 saturated heterocycles. The van der Waals surface area contributed by atoms with E-state index in [1.54, 1.807) is 0 Å². The molecule has 2 rings (SSSR count). The van der Waals surface area contributed by atoms with Crippen LogP contribution < -0.4 is 10.1 Å². The minimum atomic E-state index is -0.0969. The minimum Gasteiger partial charge on any atom is -0.482 e. The number of benzene rings is 1. The van der Waals surface area contributed by atoms with Crippen molar-refractivity contribution in [3.63, 3.8) is 0 Å². The van der Waals surface area contributed by atoms with E-state index in [-0.39, 0.29) is 17.3 Å². The number of alkyl halides is 1. The van der Waals surface area contributed by atoms with E-state index in [0.29, 0.717) is 5.92 Å². The number of halogens is 1. The molecule has 4 heteroatoms. The van der Waals surface area contributed by atoms with Gasteiger partial charge in [0.2, 0.25) is 0 Å². The Bertz CT molecular complexity index is 417. The first kappa shape index (κ1) is 11.5. The van der Waals surface area contributed by atoms with Crippen LogP contribution in [0.25, 0.3) is 0 Å². The number of carbonyl (C=O) groups excluding carboxylic acids is 1. The Balaban J connectivity index is 2.31.